The Labute approximate surface area is 125 Å². The third-order valence-corrected chi connectivity index (χ3v) is 4.08. The van der Waals surface area contributed by atoms with Gasteiger partial charge >= 0.3 is 5.97 Å². The summed E-state index contributed by atoms with van der Waals surface area (Å²) >= 11 is 1.32. The van der Waals surface area contributed by atoms with Gasteiger partial charge in [0.2, 0.25) is 0 Å². The number of hydrogen-bond acceptors (Lipinski definition) is 4. The number of benzene rings is 2. The zero-order valence-electron chi connectivity index (χ0n) is 11.3. The summed E-state index contributed by atoms with van der Waals surface area (Å²) in [4.78, 5) is 19.4. The number of hydrogen-bond donors (Lipinski definition) is 3. The Morgan fingerprint density at radius 1 is 1.33 bits per heavy atom. The van der Waals surface area contributed by atoms with Crippen molar-refractivity contribution in [2.45, 2.75) is 17.0 Å². The Balaban J connectivity index is 1.98. The van der Waals surface area contributed by atoms with E-state index in [2.05, 4.69) is 9.97 Å². The Morgan fingerprint density at radius 3 is 2.90 bits per heavy atom. The van der Waals surface area contributed by atoms with Gasteiger partial charge < -0.3 is 15.8 Å². The van der Waals surface area contributed by atoms with Gasteiger partial charge in [0.1, 0.15) is 0 Å². The van der Waals surface area contributed by atoms with E-state index < -0.39 is 5.97 Å². The molecule has 21 heavy (non-hydrogen) atoms. The van der Waals surface area contributed by atoms with Crippen LogP contribution < -0.4 is 5.73 Å². The summed E-state index contributed by atoms with van der Waals surface area (Å²) in [7, 11) is 0. The molecule has 0 aliphatic carbocycles. The first-order valence-electron chi connectivity index (χ1n) is 6.30. The normalized spacial score (nSPS) is 10.9. The molecule has 0 spiro atoms. The topological polar surface area (TPSA) is 92.0 Å². The highest BCUT2D eigenvalue weighted by atomic mass is 32.2. The van der Waals surface area contributed by atoms with Gasteiger partial charge in [-0.05, 0) is 48.5 Å². The van der Waals surface area contributed by atoms with Crippen molar-refractivity contribution in [2.24, 2.45) is 0 Å². The van der Waals surface area contributed by atoms with Gasteiger partial charge in [0.05, 0.1) is 22.3 Å². The molecule has 1 heterocycles. The molecular formula is C15H13N3O2S. The average molecular weight is 299 g/mol. The van der Waals surface area contributed by atoms with E-state index in [4.69, 9.17) is 10.8 Å². The fourth-order valence-electron chi connectivity index (χ4n) is 2.07. The molecular weight excluding hydrogens is 286 g/mol. The number of aromatic nitrogens is 2. The molecule has 0 atom stereocenters. The number of aromatic amines is 1. The minimum Gasteiger partial charge on any atom is -0.478 e. The number of H-pyrrole nitrogens is 1. The van der Waals surface area contributed by atoms with E-state index in [1.54, 1.807) is 12.1 Å². The summed E-state index contributed by atoms with van der Waals surface area (Å²) in [6.45, 7) is 2.02. The van der Waals surface area contributed by atoms with E-state index in [-0.39, 0.29) is 11.3 Å². The number of nitrogens with two attached hydrogens (primary N) is 1. The number of para-hydroxylation sites is 1. The van der Waals surface area contributed by atoms with Crippen molar-refractivity contribution in [3.05, 3.63) is 47.5 Å². The molecule has 0 radical (unpaired) electrons. The molecule has 0 fully saturated rings. The minimum absolute atomic E-state index is 0.104. The SMILES string of the molecule is Cc1ccc2nc(Sc3cccc(C(=O)O)c3N)[nH]c2c1. The molecule has 1 aromatic heterocycles. The highest BCUT2D eigenvalue weighted by Gasteiger charge is 2.13. The number of rotatable bonds is 3. The highest BCUT2D eigenvalue weighted by molar-refractivity contribution is 7.99. The first-order valence-corrected chi connectivity index (χ1v) is 7.12. The molecule has 5 nitrogen and oxygen atoms in total. The number of aryl methyl sites for hydroxylation is 1. The summed E-state index contributed by atoms with van der Waals surface area (Å²) in [6.07, 6.45) is 0. The molecule has 0 aliphatic rings. The number of nitrogen functional groups attached to an aromatic ring is 1. The number of aromatic carboxylic acids is 1. The molecule has 6 heteroatoms. The summed E-state index contributed by atoms with van der Waals surface area (Å²) in [5, 5.41) is 9.77. The second-order valence-corrected chi connectivity index (χ2v) is 5.72. The molecule has 3 rings (SSSR count). The third-order valence-electron chi connectivity index (χ3n) is 3.12. The molecule has 0 aliphatic heterocycles. The maximum atomic E-state index is 11.1. The number of fused-ring (bicyclic) bond motifs is 1. The summed E-state index contributed by atoms with van der Waals surface area (Å²) < 4.78 is 0. The number of anilines is 1. The molecule has 3 aromatic rings. The van der Waals surface area contributed by atoms with Gasteiger partial charge in [-0.25, -0.2) is 9.78 Å². The number of nitrogens with zero attached hydrogens (tertiary/aromatic N) is 1. The van der Waals surface area contributed by atoms with Crippen molar-refractivity contribution in [3.8, 4) is 0 Å². The van der Waals surface area contributed by atoms with Gasteiger partial charge in [-0.1, -0.05) is 12.1 Å². The lowest BCUT2D eigenvalue weighted by Crippen LogP contribution is -2.03. The predicted octanol–water partition coefficient (Wildman–Crippen LogP) is 3.30. The van der Waals surface area contributed by atoms with Crippen LogP contribution in [-0.2, 0) is 0 Å². The van der Waals surface area contributed by atoms with E-state index >= 15 is 0 Å². The van der Waals surface area contributed by atoms with Crippen molar-refractivity contribution in [2.75, 3.05) is 5.73 Å². The first-order chi connectivity index (χ1) is 10.0. The number of carboxylic acid groups (broad SMARTS) is 1. The Bertz CT molecular complexity index is 842. The van der Waals surface area contributed by atoms with E-state index in [0.717, 1.165) is 16.6 Å². The van der Waals surface area contributed by atoms with E-state index in [9.17, 15) is 4.79 Å². The van der Waals surface area contributed by atoms with Gasteiger partial charge in [-0.2, -0.15) is 0 Å². The fraction of sp³-hybridized carbons (Fsp3) is 0.0667. The monoisotopic (exact) mass is 299 g/mol. The second kappa shape index (κ2) is 5.14. The van der Waals surface area contributed by atoms with Crippen LogP contribution in [0.5, 0.6) is 0 Å². The first kappa shape index (κ1) is 13.5. The van der Waals surface area contributed by atoms with E-state index in [1.165, 1.54) is 17.8 Å². The third kappa shape index (κ3) is 2.57. The second-order valence-electron chi connectivity index (χ2n) is 4.69. The summed E-state index contributed by atoms with van der Waals surface area (Å²) in [6, 6.07) is 10.9. The minimum atomic E-state index is -1.03. The van der Waals surface area contributed by atoms with Crippen molar-refractivity contribution in [1.82, 2.24) is 9.97 Å². The smallest absolute Gasteiger partial charge is 0.337 e. The summed E-state index contributed by atoms with van der Waals surface area (Å²) in [5.74, 6) is -1.03. The van der Waals surface area contributed by atoms with Crippen molar-refractivity contribution < 1.29 is 9.90 Å². The summed E-state index contributed by atoms with van der Waals surface area (Å²) in [5.41, 5.74) is 9.24. The Morgan fingerprint density at radius 2 is 2.14 bits per heavy atom. The highest BCUT2D eigenvalue weighted by Crippen LogP contribution is 2.33. The quantitative estimate of drug-likeness (QED) is 0.645. The van der Waals surface area contributed by atoms with Crippen LogP contribution in [-0.4, -0.2) is 21.0 Å². The maximum Gasteiger partial charge on any atom is 0.337 e. The number of imidazole rings is 1. The van der Waals surface area contributed by atoms with Crippen molar-refractivity contribution >= 4 is 34.5 Å². The van der Waals surface area contributed by atoms with Crippen LogP contribution in [0.3, 0.4) is 0 Å². The molecule has 0 bridgehead atoms. The van der Waals surface area contributed by atoms with E-state index in [1.807, 2.05) is 25.1 Å². The Hall–Kier alpha value is -2.47. The van der Waals surface area contributed by atoms with Gasteiger partial charge in [-0.3, -0.25) is 0 Å². The van der Waals surface area contributed by atoms with Crippen LogP contribution in [0.2, 0.25) is 0 Å². The molecule has 0 unspecified atom stereocenters. The van der Waals surface area contributed by atoms with E-state index in [0.29, 0.717) is 10.1 Å². The van der Waals surface area contributed by atoms with Crippen LogP contribution in [0, 0.1) is 6.92 Å². The zero-order valence-corrected chi connectivity index (χ0v) is 12.1. The largest absolute Gasteiger partial charge is 0.478 e. The molecule has 0 saturated heterocycles. The zero-order chi connectivity index (χ0) is 15.0. The van der Waals surface area contributed by atoms with Gasteiger partial charge in [-0.15, -0.1) is 0 Å². The number of carboxylic acids is 1. The molecule has 106 valence electrons. The maximum absolute atomic E-state index is 11.1. The van der Waals surface area contributed by atoms with Crippen molar-refractivity contribution in [1.29, 1.82) is 0 Å². The molecule has 4 N–H and O–H groups in total. The van der Waals surface area contributed by atoms with Gasteiger partial charge in [0.25, 0.3) is 0 Å². The molecule has 2 aromatic carbocycles. The van der Waals surface area contributed by atoms with Crippen LogP contribution in [0.4, 0.5) is 5.69 Å². The van der Waals surface area contributed by atoms with Crippen LogP contribution in [0.15, 0.2) is 46.5 Å². The number of nitrogens with one attached hydrogen (secondary N) is 1. The fourth-order valence-corrected chi connectivity index (χ4v) is 2.95. The lowest BCUT2D eigenvalue weighted by atomic mass is 10.2. The number of carbonyl (C=O) groups is 1. The van der Waals surface area contributed by atoms with Gasteiger partial charge in [0.15, 0.2) is 5.16 Å². The molecule has 0 amide bonds. The average Bonchev–Trinajstić information content (AvgIpc) is 2.82. The van der Waals surface area contributed by atoms with Crippen LogP contribution in [0.1, 0.15) is 15.9 Å². The van der Waals surface area contributed by atoms with Crippen LogP contribution in [0.25, 0.3) is 11.0 Å². The van der Waals surface area contributed by atoms with Crippen molar-refractivity contribution in [3.63, 3.8) is 0 Å². The predicted molar refractivity (Wildman–Crippen MR) is 82.8 cm³/mol. The standard InChI is InChI=1S/C15H13N3O2S/c1-8-5-6-10-11(7-8)18-15(17-10)21-12-4-2-3-9(13(12)16)14(19)20/h2-7H,16H2,1H3,(H,17,18)(H,19,20). The lowest BCUT2D eigenvalue weighted by Gasteiger charge is -2.05. The van der Waals surface area contributed by atoms with Gasteiger partial charge in [0, 0.05) is 4.90 Å². The lowest BCUT2D eigenvalue weighted by molar-refractivity contribution is 0.0698. The Kier molecular flexibility index (Phi) is 3.31. The molecule has 0 saturated carbocycles. The van der Waals surface area contributed by atoms with Crippen LogP contribution >= 0.6 is 11.8 Å².